The third-order valence-corrected chi connectivity index (χ3v) is 3.60. The Hall–Kier alpha value is -1.81. The zero-order chi connectivity index (χ0) is 12.7. The molecule has 2 aromatic carbocycles. The molecule has 0 radical (unpaired) electrons. The van der Waals surface area contributed by atoms with Gasteiger partial charge in [-0.1, -0.05) is 6.07 Å². The lowest BCUT2D eigenvalue weighted by atomic mass is 10.2. The topological polar surface area (TPSA) is 54.7 Å². The molecule has 4 heteroatoms. The minimum Gasteiger partial charge on any atom is -0.398 e. The summed E-state index contributed by atoms with van der Waals surface area (Å²) in [5.74, 6) is 0.858. The standard InChI is InChI=1S/C14H12BrN3/c1-8-2-5-12-13(6-8)18-14(17-12)9-3-4-11(16)10(15)7-9/h2-7H,16H2,1H3,(H,17,18). The van der Waals surface area contributed by atoms with E-state index in [0.717, 1.165) is 32.6 Å². The minimum absolute atomic E-state index is 0.728. The van der Waals surface area contributed by atoms with Crippen molar-refractivity contribution in [2.24, 2.45) is 0 Å². The molecule has 0 saturated heterocycles. The maximum Gasteiger partial charge on any atom is 0.138 e. The van der Waals surface area contributed by atoms with E-state index in [1.54, 1.807) is 0 Å². The lowest BCUT2D eigenvalue weighted by Gasteiger charge is -2.00. The summed E-state index contributed by atoms with van der Waals surface area (Å²) in [7, 11) is 0. The molecule has 0 aliphatic heterocycles. The number of anilines is 1. The minimum atomic E-state index is 0.728. The number of fused-ring (bicyclic) bond motifs is 1. The number of aromatic nitrogens is 2. The van der Waals surface area contributed by atoms with E-state index >= 15 is 0 Å². The van der Waals surface area contributed by atoms with Gasteiger partial charge in [0.2, 0.25) is 0 Å². The highest BCUT2D eigenvalue weighted by Crippen LogP contribution is 2.27. The molecule has 0 amide bonds. The van der Waals surface area contributed by atoms with Crippen LogP contribution in [-0.4, -0.2) is 9.97 Å². The van der Waals surface area contributed by atoms with Crippen LogP contribution >= 0.6 is 15.9 Å². The smallest absolute Gasteiger partial charge is 0.138 e. The van der Waals surface area contributed by atoms with Crippen molar-refractivity contribution in [1.29, 1.82) is 0 Å². The first-order chi connectivity index (χ1) is 8.63. The van der Waals surface area contributed by atoms with Gasteiger partial charge in [-0.2, -0.15) is 0 Å². The second-order valence-corrected chi connectivity index (χ2v) is 5.20. The Bertz CT molecular complexity index is 731. The first kappa shape index (κ1) is 11.3. The van der Waals surface area contributed by atoms with Crippen molar-refractivity contribution in [3.8, 4) is 11.4 Å². The highest BCUT2D eigenvalue weighted by atomic mass is 79.9. The van der Waals surface area contributed by atoms with E-state index in [1.807, 2.05) is 24.3 Å². The molecule has 0 unspecified atom stereocenters. The van der Waals surface area contributed by atoms with Gasteiger partial charge >= 0.3 is 0 Å². The van der Waals surface area contributed by atoms with Crippen molar-refractivity contribution in [1.82, 2.24) is 9.97 Å². The highest BCUT2D eigenvalue weighted by Gasteiger charge is 2.06. The summed E-state index contributed by atoms with van der Waals surface area (Å²) in [5, 5.41) is 0. The summed E-state index contributed by atoms with van der Waals surface area (Å²) in [6.07, 6.45) is 0. The van der Waals surface area contributed by atoms with E-state index in [4.69, 9.17) is 5.73 Å². The Morgan fingerprint density at radius 1 is 1.17 bits per heavy atom. The molecular formula is C14H12BrN3. The van der Waals surface area contributed by atoms with Crippen LogP contribution in [0, 0.1) is 6.92 Å². The van der Waals surface area contributed by atoms with E-state index in [0.29, 0.717) is 0 Å². The lowest BCUT2D eigenvalue weighted by Crippen LogP contribution is -1.87. The Morgan fingerprint density at radius 2 is 2.00 bits per heavy atom. The Morgan fingerprint density at radius 3 is 2.78 bits per heavy atom. The van der Waals surface area contributed by atoms with Crippen LogP contribution < -0.4 is 5.73 Å². The van der Waals surface area contributed by atoms with E-state index < -0.39 is 0 Å². The number of halogens is 1. The van der Waals surface area contributed by atoms with Crippen LogP contribution in [0.3, 0.4) is 0 Å². The molecule has 0 bridgehead atoms. The number of nitrogens with zero attached hydrogens (tertiary/aromatic N) is 1. The second-order valence-electron chi connectivity index (χ2n) is 4.34. The molecule has 90 valence electrons. The average molecular weight is 302 g/mol. The number of H-pyrrole nitrogens is 1. The fourth-order valence-electron chi connectivity index (χ4n) is 1.93. The number of benzene rings is 2. The maximum absolute atomic E-state index is 5.78. The third-order valence-electron chi connectivity index (χ3n) is 2.91. The molecule has 0 aliphatic carbocycles. The predicted molar refractivity (Wildman–Crippen MR) is 78.4 cm³/mol. The van der Waals surface area contributed by atoms with Crippen LogP contribution in [0.25, 0.3) is 22.4 Å². The number of aromatic amines is 1. The van der Waals surface area contributed by atoms with E-state index in [9.17, 15) is 0 Å². The number of nitrogens with one attached hydrogen (secondary N) is 1. The Balaban J connectivity index is 2.16. The monoisotopic (exact) mass is 301 g/mol. The van der Waals surface area contributed by atoms with Gasteiger partial charge < -0.3 is 10.7 Å². The van der Waals surface area contributed by atoms with Crippen molar-refractivity contribution in [2.45, 2.75) is 6.92 Å². The van der Waals surface area contributed by atoms with Crippen LogP contribution in [0.4, 0.5) is 5.69 Å². The van der Waals surface area contributed by atoms with Gasteiger partial charge in [0.1, 0.15) is 5.82 Å². The van der Waals surface area contributed by atoms with Crippen LogP contribution in [-0.2, 0) is 0 Å². The van der Waals surface area contributed by atoms with Crippen LogP contribution in [0.1, 0.15) is 5.56 Å². The van der Waals surface area contributed by atoms with Gasteiger partial charge in [0.05, 0.1) is 11.0 Å². The van der Waals surface area contributed by atoms with Gasteiger partial charge in [0.25, 0.3) is 0 Å². The van der Waals surface area contributed by atoms with Gasteiger partial charge in [-0.25, -0.2) is 4.98 Å². The first-order valence-corrected chi connectivity index (χ1v) is 6.44. The largest absolute Gasteiger partial charge is 0.398 e. The zero-order valence-corrected chi connectivity index (χ0v) is 11.5. The van der Waals surface area contributed by atoms with Gasteiger partial charge in [-0.05, 0) is 58.7 Å². The molecule has 3 N–H and O–H groups in total. The molecular weight excluding hydrogens is 290 g/mol. The van der Waals surface area contributed by atoms with Gasteiger partial charge in [0.15, 0.2) is 0 Å². The van der Waals surface area contributed by atoms with Crippen molar-refractivity contribution >= 4 is 32.7 Å². The molecule has 0 saturated carbocycles. The van der Waals surface area contributed by atoms with Crippen LogP contribution in [0.15, 0.2) is 40.9 Å². The van der Waals surface area contributed by atoms with Gasteiger partial charge in [-0.3, -0.25) is 0 Å². The lowest BCUT2D eigenvalue weighted by molar-refractivity contribution is 1.33. The SMILES string of the molecule is Cc1ccc2nc(-c3ccc(N)c(Br)c3)[nH]c2c1. The quantitative estimate of drug-likeness (QED) is 0.670. The molecule has 18 heavy (non-hydrogen) atoms. The zero-order valence-electron chi connectivity index (χ0n) is 9.87. The number of aryl methyl sites for hydroxylation is 1. The van der Waals surface area contributed by atoms with E-state index in [1.165, 1.54) is 5.56 Å². The van der Waals surface area contributed by atoms with Crippen molar-refractivity contribution in [3.63, 3.8) is 0 Å². The second kappa shape index (κ2) is 4.14. The van der Waals surface area contributed by atoms with Crippen molar-refractivity contribution in [3.05, 3.63) is 46.4 Å². The third kappa shape index (κ3) is 1.88. The summed E-state index contributed by atoms with van der Waals surface area (Å²) in [5.41, 5.74) is 10.8. The summed E-state index contributed by atoms with van der Waals surface area (Å²) >= 11 is 3.43. The molecule has 0 fully saturated rings. The number of hydrogen-bond donors (Lipinski definition) is 2. The summed E-state index contributed by atoms with van der Waals surface area (Å²) in [4.78, 5) is 7.90. The fourth-order valence-corrected chi connectivity index (χ4v) is 2.31. The van der Waals surface area contributed by atoms with Crippen molar-refractivity contribution < 1.29 is 0 Å². The molecule has 1 aromatic heterocycles. The molecule has 3 nitrogen and oxygen atoms in total. The molecule has 3 rings (SSSR count). The van der Waals surface area contributed by atoms with Crippen molar-refractivity contribution in [2.75, 3.05) is 5.73 Å². The van der Waals surface area contributed by atoms with E-state index in [2.05, 4.69) is 45.0 Å². The average Bonchev–Trinajstić information content (AvgIpc) is 2.75. The number of nitrogen functional groups attached to an aromatic ring is 1. The summed E-state index contributed by atoms with van der Waals surface area (Å²) < 4.78 is 0.886. The molecule has 0 atom stereocenters. The number of nitrogens with two attached hydrogens (primary N) is 1. The van der Waals surface area contributed by atoms with Crippen LogP contribution in [0.5, 0.6) is 0 Å². The fraction of sp³-hybridized carbons (Fsp3) is 0.0714. The highest BCUT2D eigenvalue weighted by molar-refractivity contribution is 9.10. The predicted octanol–water partition coefficient (Wildman–Crippen LogP) is 3.88. The Kier molecular flexibility index (Phi) is 2.59. The number of rotatable bonds is 1. The maximum atomic E-state index is 5.78. The number of hydrogen-bond acceptors (Lipinski definition) is 2. The van der Waals surface area contributed by atoms with Gasteiger partial charge in [0, 0.05) is 15.7 Å². The Labute approximate surface area is 113 Å². The molecule has 0 aliphatic rings. The molecule has 1 heterocycles. The van der Waals surface area contributed by atoms with E-state index in [-0.39, 0.29) is 0 Å². The normalized spacial score (nSPS) is 11.0. The molecule has 0 spiro atoms. The number of imidazole rings is 1. The summed E-state index contributed by atoms with van der Waals surface area (Å²) in [6.45, 7) is 2.07. The first-order valence-electron chi connectivity index (χ1n) is 5.65. The summed E-state index contributed by atoms with van der Waals surface area (Å²) in [6, 6.07) is 12.0. The van der Waals surface area contributed by atoms with Crippen LogP contribution in [0.2, 0.25) is 0 Å². The van der Waals surface area contributed by atoms with Gasteiger partial charge in [-0.15, -0.1) is 0 Å². The molecule has 3 aromatic rings.